The molecule has 3 rings (SSSR count). The van der Waals surface area contributed by atoms with E-state index in [1.54, 1.807) is 0 Å². The van der Waals surface area contributed by atoms with Crippen molar-refractivity contribution in [1.29, 1.82) is 0 Å². The summed E-state index contributed by atoms with van der Waals surface area (Å²) in [7, 11) is 0. The van der Waals surface area contributed by atoms with Crippen LogP contribution in [0.2, 0.25) is 0 Å². The van der Waals surface area contributed by atoms with Gasteiger partial charge in [-0.1, -0.05) is 13.8 Å². The van der Waals surface area contributed by atoms with Gasteiger partial charge >= 0.3 is 0 Å². The number of fused-ring (bicyclic) bond motifs is 2. The minimum atomic E-state index is 0.182. The van der Waals surface area contributed by atoms with Crippen LogP contribution >= 0.6 is 0 Å². The van der Waals surface area contributed by atoms with E-state index in [4.69, 9.17) is 4.74 Å². The number of ether oxygens (including phenoxy) is 1. The van der Waals surface area contributed by atoms with Crippen molar-refractivity contribution in [2.45, 2.75) is 58.2 Å². The number of likely N-dealkylation sites (tertiary alicyclic amines) is 1. The van der Waals surface area contributed by atoms with Gasteiger partial charge in [0.25, 0.3) is 0 Å². The van der Waals surface area contributed by atoms with Gasteiger partial charge < -0.3 is 9.64 Å². The maximum atomic E-state index is 12.5. The van der Waals surface area contributed by atoms with Crippen LogP contribution in [-0.4, -0.2) is 36.1 Å². The highest BCUT2D eigenvalue weighted by molar-refractivity contribution is 5.80. The van der Waals surface area contributed by atoms with Crippen molar-refractivity contribution in [3.8, 4) is 0 Å². The van der Waals surface area contributed by atoms with Gasteiger partial charge in [-0.2, -0.15) is 0 Å². The first-order valence-electron chi connectivity index (χ1n) is 7.57. The second-order valence-corrected chi connectivity index (χ2v) is 6.78. The Morgan fingerprint density at radius 2 is 2.17 bits per heavy atom. The lowest BCUT2D eigenvalue weighted by molar-refractivity contribution is -0.136. The molecule has 0 saturated carbocycles. The second-order valence-electron chi connectivity index (χ2n) is 6.78. The fraction of sp³-hybridized carbons (Fsp3) is 0.933. The Kier molecular flexibility index (Phi) is 3.35. The van der Waals surface area contributed by atoms with Crippen LogP contribution < -0.4 is 0 Å². The number of rotatable bonds is 3. The molecular weight excluding hydrogens is 226 g/mol. The topological polar surface area (TPSA) is 29.5 Å². The molecule has 3 heteroatoms. The molecule has 3 nitrogen and oxygen atoms in total. The van der Waals surface area contributed by atoms with E-state index in [0.29, 0.717) is 12.0 Å². The van der Waals surface area contributed by atoms with E-state index in [1.807, 2.05) is 0 Å². The van der Waals surface area contributed by atoms with Gasteiger partial charge in [0.2, 0.25) is 5.91 Å². The lowest BCUT2D eigenvalue weighted by atomic mass is 9.88. The fourth-order valence-corrected chi connectivity index (χ4v) is 4.02. The largest absolute Gasteiger partial charge is 0.374 e. The van der Waals surface area contributed by atoms with Gasteiger partial charge in [0.05, 0.1) is 18.1 Å². The average Bonchev–Trinajstić information content (AvgIpc) is 3.01. The van der Waals surface area contributed by atoms with Crippen molar-refractivity contribution in [2.24, 2.45) is 17.8 Å². The molecule has 4 atom stereocenters. The Labute approximate surface area is 110 Å². The summed E-state index contributed by atoms with van der Waals surface area (Å²) in [6.07, 6.45) is 6.34. The van der Waals surface area contributed by atoms with Crippen molar-refractivity contribution in [2.75, 3.05) is 13.1 Å². The van der Waals surface area contributed by atoms with E-state index >= 15 is 0 Å². The molecule has 0 radical (unpaired) electrons. The summed E-state index contributed by atoms with van der Waals surface area (Å²) in [6, 6.07) is 0. The van der Waals surface area contributed by atoms with Crippen LogP contribution in [0.5, 0.6) is 0 Å². The highest BCUT2D eigenvalue weighted by Crippen LogP contribution is 2.40. The predicted octanol–water partition coefficient (Wildman–Crippen LogP) is 2.45. The van der Waals surface area contributed by atoms with Gasteiger partial charge in [0, 0.05) is 13.1 Å². The van der Waals surface area contributed by atoms with E-state index in [9.17, 15) is 4.79 Å². The molecule has 102 valence electrons. The zero-order valence-corrected chi connectivity index (χ0v) is 11.6. The van der Waals surface area contributed by atoms with Gasteiger partial charge in [0.1, 0.15) is 0 Å². The van der Waals surface area contributed by atoms with Gasteiger partial charge in [0.15, 0.2) is 0 Å². The molecule has 0 aromatic rings. The molecule has 0 spiro atoms. The summed E-state index contributed by atoms with van der Waals surface area (Å²) in [5.41, 5.74) is 0. The summed E-state index contributed by atoms with van der Waals surface area (Å²) in [6.45, 7) is 6.51. The van der Waals surface area contributed by atoms with E-state index in [-0.39, 0.29) is 12.0 Å². The highest BCUT2D eigenvalue weighted by atomic mass is 16.5. The molecule has 1 amide bonds. The highest BCUT2D eigenvalue weighted by Gasteiger charge is 2.46. The summed E-state index contributed by atoms with van der Waals surface area (Å²) in [5.74, 6) is 2.04. The monoisotopic (exact) mass is 251 g/mol. The van der Waals surface area contributed by atoms with Crippen molar-refractivity contribution in [1.82, 2.24) is 4.90 Å². The quantitative estimate of drug-likeness (QED) is 0.771. The minimum Gasteiger partial charge on any atom is -0.374 e. The van der Waals surface area contributed by atoms with E-state index < -0.39 is 0 Å². The van der Waals surface area contributed by atoms with Crippen LogP contribution in [0.25, 0.3) is 0 Å². The third kappa shape index (κ3) is 2.29. The lowest BCUT2D eigenvalue weighted by Gasteiger charge is -2.24. The van der Waals surface area contributed by atoms with Gasteiger partial charge in [-0.05, 0) is 43.9 Å². The second kappa shape index (κ2) is 4.84. The van der Waals surface area contributed by atoms with Crippen LogP contribution in [0.3, 0.4) is 0 Å². The molecular formula is C15H25NO2. The first-order chi connectivity index (χ1) is 8.63. The standard InChI is InChI=1S/C15H25NO2/c1-10(2)7-11-5-6-16(9-11)15(17)13-8-12-3-4-14(13)18-12/h10-14H,3-9H2,1-2H3. The number of amides is 1. The normalized spacial score (nSPS) is 38.9. The summed E-state index contributed by atoms with van der Waals surface area (Å²) >= 11 is 0. The smallest absolute Gasteiger partial charge is 0.228 e. The number of nitrogens with zero attached hydrogens (tertiary/aromatic N) is 1. The van der Waals surface area contributed by atoms with Crippen LogP contribution in [0.15, 0.2) is 0 Å². The van der Waals surface area contributed by atoms with Crippen molar-refractivity contribution < 1.29 is 9.53 Å². The molecule has 3 fully saturated rings. The molecule has 3 heterocycles. The Hall–Kier alpha value is -0.570. The van der Waals surface area contributed by atoms with E-state index in [1.165, 1.54) is 19.3 Å². The molecule has 2 bridgehead atoms. The lowest BCUT2D eigenvalue weighted by Crippen LogP contribution is -2.38. The molecule has 18 heavy (non-hydrogen) atoms. The molecule has 3 saturated heterocycles. The zero-order valence-electron chi connectivity index (χ0n) is 11.6. The minimum absolute atomic E-state index is 0.182. The third-order valence-corrected chi connectivity index (χ3v) is 4.83. The predicted molar refractivity (Wildman–Crippen MR) is 70.1 cm³/mol. The molecule has 0 aromatic carbocycles. The molecule has 3 aliphatic rings. The first kappa shape index (κ1) is 12.5. The van der Waals surface area contributed by atoms with E-state index in [2.05, 4.69) is 18.7 Å². The van der Waals surface area contributed by atoms with Crippen molar-refractivity contribution in [3.05, 3.63) is 0 Å². The van der Waals surface area contributed by atoms with Gasteiger partial charge in [-0.25, -0.2) is 0 Å². The first-order valence-corrected chi connectivity index (χ1v) is 7.57. The average molecular weight is 251 g/mol. The van der Waals surface area contributed by atoms with Crippen LogP contribution in [-0.2, 0) is 9.53 Å². The Balaban J connectivity index is 1.55. The molecule has 4 unspecified atom stereocenters. The van der Waals surface area contributed by atoms with Crippen LogP contribution in [0.1, 0.15) is 46.0 Å². The fourth-order valence-electron chi connectivity index (χ4n) is 4.02. The zero-order chi connectivity index (χ0) is 12.7. The number of hydrogen-bond acceptors (Lipinski definition) is 2. The van der Waals surface area contributed by atoms with Crippen molar-refractivity contribution in [3.63, 3.8) is 0 Å². The Bertz CT molecular complexity index is 328. The number of carbonyl (C=O) groups is 1. The van der Waals surface area contributed by atoms with Gasteiger partial charge in [-0.15, -0.1) is 0 Å². The summed E-state index contributed by atoms with van der Waals surface area (Å²) in [4.78, 5) is 14.6. The number of hydrogen-bond donors (Lipinski definition) is 0. The molecule has 3 aliphatic heterocycles. The molecule has 0 aliphatic carbocycles. The van der Waals surface area contributed by atoms with Gasteiger partial charge in [-0.3, -0.25) is 4.79 Å². The maximum absolute atomic E-state index is 12.5. The SMILES string of the molecule is CC(C)CC1CCN(C(=O)C2CC3CCC2O3)C1. The number of carbonyl (C=O) groups excluding carboxylic acids is 1. The van der Waals surface area contributed by atoms with Crippen molar-refractivity contribution >= 4 is 5.91 Å². The Morgan fingerprint density at radius 3 is 2.78 bits per heavy atom. The third-order valence-electron chi connectivity index (χ3n) is 4.83. The van der Waals surface area contributed by atoms with Crippen LogP contribution in [0, 0.1) is 17.8 Å². The maximum Gasteiger partial charge on any atom is 0.228 e. The molecule has 0 N–H and O–H groups in total. The summed E-state index contributed by atoms with van der Waals surface area (Å²) < 4.78 is 5.81. The van der Waals surface area contributed by atoms with E-state index in [0.717, 1.165) is 37.8 Å². The Morgan fingerprint density at radius 1 is 1.33 bits per heavy atom. The molecule has 0 aromatic heterocycles. The van der Waals surface area contributed by atoms with Crippen LogP contribution in [0.4, 0.5) is 0 Å². The summed E-state index contributed by atoms with van der Waals surface area (Å²) in [5, 5.41) is 0.